The van der Waals surface area contributed by atoms with E-state index in [1.807, 2.05) is 6.92 Å². The monoisotopic (exact) mass is 411 g/mol. The molecule has 0 saturated carbocycles. The first kappa shape index (κ1) is 20.7. The van der Waals surface area contributed by atoms with Gasteiger partial charge in [-0.15, -0.1) is 11.3 Å². The highest BCUT2D eigenvalue weighted by atomic mass is 32.1. The summed E-state index contributed by atoms with van der Waals surface area (Å²) in [5, 5.41) is 6.43. The fourth-order valence-corrected chi connectivity index (χ4v) is 3.80. The molecule has 0 spiro atoms. The second-order valence-electron chi connectivity index (χ2n) is 6.63. The molecule has 0 unspecified atom stereocenters. The van der Waals surface area contributed by atoms with E-state index in [-0.39, 0.29) is 11.8 Å². The normalized spacial score (nSPS) is 10.6. The van der Waals surface area contributed by atoms with Gasteiger partial charge in [-0.2, -0.15) is 0 Å². The fraction of sp³-hybridized carbons (Fsp3) is 0.227. The summed E-state index contributed by atoms with van der Waals surface area (Å²) in [7, 11) is 0. The Morgan fingerprint density at radius 2 is 1.72 bits per heavy atom. The molecule has 0 fully saturated rings. The molecule has 2 amide bonds. The molecular weight excluding hydrogens is 389 g/mol. The van der Waals surface area contributed by atoms with E-state index in [0.717, 1.165) is 24.3 Å². The Morgan fingerprint density at radius 3 is 2.45 bits per heavy atom. The predicted molar refractivity (Wildman–Crippen MR) is 114 cm³/mol. The highest BCUT2D eigenvalue weighted by molar-refractivity contribution is 7.13. The number of halogens is 1. The molecule has 0 aliphatic carbocycles. The smallest absolute Gasteiger partial charge is 0.267 e. The van der Waals surface area contributed by atoms with Crippen molar-refractivity contribution in [1.82, 2.24) is 4.98 Å². The first-order valence-electron chi connectivity index (χ1n) is 9.41. The lowest BCUT2D eigenvalue weighted by atomic mass is 10.1. The highest BCUT2D eigenvalue weighted by Crippen LogP contribution is 2.22. The van der Waals surface area contributed by atoms with Crippen LogP contribution in [0.25, 0.3) is 0 Å². The van der Waals surface area contributed by atoms with Crippen molar-refractivity contribution in [3.63, 3.8) is 0 Å². The molecule has 2 aromatic carbocycles. The van der Waals surface area contributed by atoms with E-state index in [9.17, 15) is 14.0 Å². The van der Waals surface area contributed by atoms with E-state index in [2.05, 4.69) is 22.5 Å². The van der Waals surface area contributed by atoms with Gasteiger partial charge in [0.1, 0.15) is 10.7 Å². The van der Waals surface area contributed by atoms with Gasteiger partial charge in [0, 0.05) is 16.9 Å². The number of nitrogens with one attached hydrogen (secondary N) is 2. The SMILES string of the molecule is CCCCc1nc(C)c(C(=O)Nc2cccc(C(=O)Nc3cccc(F)c3)c2)s1. The molecule has 0 radical (unpaired) electrons. The van der Waals surface area contributed by atoms with Crippen LogP contribution in [0.4, 0.5) is 15.8 Å². The minimum absolute atomic E-state index is 0.245. The van der Waals surface area contributed by atoms with E-state index in [1.165, 1.54) is 29.5 Å². The number of amides is 2. The Bertz CT molecular complexity index is 1030. The lowest BCUT2D eigenvalue weighted by molar-refractivity contribution is 0.101. The minimum Gasteiger partial charge on any atom is -0.322 e. The number of carbonyl (C=O) groups is 2. The fourth-order valence-electron chi connectivity index (χ4n) is 2.79. The van der Waals surface area contributed by atoms with Crippen molar-refractivity contribution >= 4 is 34.5 Å². The zero-order valence-electron chi connectivity index (χ0n) is 16.3. The molecule has 1 aromatic heterocycles. The van der Waals surface area contributed by atoms with Crippen LogP contribution in [-0.2, 0) is 6.42 Å². The number of rotatable bonds is 7. The number of hydrogen-bond donors (Lipinski definition) is 2. The van der Waals surface area contributed by atoms with Crippen molar-refractivity contribution in [2.45, 2.75) is 33.1 Å². The van der Waals surface area contributed by atoms with E-state index >= 15 is 0 Å². The molecule has 1 heterocycles. The largest absolute Gasteiger partial charge is 0.322 e. The molecule has 0 aliphatic rings. The number of carbonyl (C=O) groups excluding carboxylic acids is 2. The summed E-state index contributed by atoms with van der Waals surface area (Å²) in [6, 6.07) is 12.3. The van der Waals surface area contributed by atoms with Crippen LogP contribution in [0.2, 0.25) is 0 Å². The quantitative estimate of drug-likeness (QED) is 0.544. The summed E-state index contributed by atoms with van der Waals surface area (Å²) >= 11 is 1.40. The highest BCUT2D eigenvalue weighted by Gasteiger charge is 2.16. The third-order valence-corrected chi connectivity index (χ3v) is 5.47. The van der Waals surface area contributed by atoms with E-state index in [1.54, 1.807) is 30.3 Å². The van der Waals surface area contributed by atoms with Crippen molar-refractivity contribution in [1.29, 1.82) is 0 Å². The van der Waals surface area contributed by atoms with Gasteiger partial charge in [-0.3, -0.25) is 9.59 Å². The average Bonchev–Trinajstić information content (AvgIpc) is 3.07. The van der Waals surface area contributed by atoms with Crippen molar-refractivity contribution in [3.05, 3.63) is 75.5 Å². The second-order valence-corrected chi connectivity index (χ2v) is 7.71. The topological polar surface area (TPSA) is 71.1 Å². The summed E-state index contributed by atoms with van der Waals surface area (Å²) < 4.78 is 13.3. The summed E-state index contributed by atoms with van der Waals surface area (Å²) in [5.41, 5.74) is 1.93. The van der Waals surface area contributed by atoms with Crippen LogP contribution in [-0.4, -0.2) is 16.8 Å². The van der Waals surface area contributed by atoms with Gasteiger partial charge in [-0.05, 0) is 56.2 Å². The van der Waals surface area contributed by atoms with Crippen LogP contribution in [0.1, 0.15) is 50.5 Å². The molecule has 3 aromatic rings. The molecule has 29 heavy (non-hydrogen) atoms. The third-order valence-electron chi connectivity index (χ3n) is 4.26. The van der Waals surface area contributed by atoms with Crippen molar-refractivity contribution in [3.8, 4) is 0 Å². The number of hydrogen-bond acceptors (Lipinski definition) is 4. The van der Waals surface area contributed by atoms with Gasteiger partial charge >= 0.3 is 0 Å². The predicted octanol–water partition coefficient (Wildman–Crippen LogP) is 5.44. The molecule has 0 aliphatic heterocycles. The maximum Gasteiger partial charge on any atom is 0.267 e. The van der Waals surface area contributed by atoms with E-state index in [0.29, 0.717) is 27.5 Å². The Hall–Kier alpha value is -3.06. The summed E-state index contributed by atoms with van der Waals surface area (Å²) in [5.74, 6) is -1.06. The number of unbranched alkanes of at least 4 members (excludes halogenated alkanes) is 1. The molecule has 7 heteroatoms. The number of nitrogens with zero attached hydrogens (tertiary/aromatic N) is 1. The molecule has 0 saturated heterocycles. The standard InChI is InChI=1S/C22H22FN3O2S/c1-3-4-11-19-24-14(2)20(29-19)22(28)26-17-9-5-7-15(12-17)21(27)25-18-10-6-8-16(23)13-18/h5-10,12-13H,3-4,11H2,1-2H3,(H,25,27)(H,26,28). The first-order valence-corrected chi connectivity index (χ1v) is 10.2. The number of thiazole rings is 1. The molecular formula is C22H22FN3O2S. The lowest BCUT2D eigenvalue weighted by Gasteiger charge is -2.08. The van der Waals surface area contributed by atoms with Crippen LogP contribution < -0.4 is 10.6 Å². The van der Waals surface area contributed by atoms with Gasteiger partial charge in [0.25, 0.3) is 11.8 Å². The zero-order chi connectivity index (χ0) is 20.8. The maximum atomic E-state index is 13.3. The lowest BCUT2D eigenvalue weighted by Crippen LogP contribution is -2.14. The Balaban J connectivity index is 1.70. The van der Waals surface area contributed by atoms with Gasteiger partial charge < -0.3 is 10.6 Å². The van der Waals surface area contributed by atoms with Crippen LogP contribution in [0, 0.1) is 12.7 Å². The number of benzene rings is 2. The van der Waals surface area contributed by atoms with Crippen molar-refractivity contribution in [2.24, 2.45) is 0 Å². The minimum atomic E-state index is -0.429. The van der Waals surface area contributed by atoms with E-state index < -0.39 is 5.82 Å². The average molecular weight is 412 g/mol. The van der Waals surface area contributed by atoms with Gasteiger partial charge in [0.15, 0.2) is 0 Å². The van der Waals surface area contributed by atoms with Crippen LogP contribution in [0.5, 0.6) is 0 Å². The maximum absolute atomic E-state index is 13.3. The van der Waals surface area contributed by atoms with Crippen molar-refractivity contribution < 1.29 is 14.0 Å². The summed E-state index contributed by atoms with van der Waals surface area (Å²) in [6.07, 6.45) is 2.98. The Labute approximate surface area is 173 Å². The summed E-state index contributed by atoms with van der Waals surface area (Å²) in [6.45, 7) is 3.94. The van der Waals surface area contributed by atoms with Crippen LogP contribution >= 0.6 is 11.3 Å². The van der Waals surface area contributed by atoms with Gasteiger partial charge in [0.05, 0.1) is 10.7 Å². The molecule has 150 valence electrons. The van der Waals surface area contributed by atoms with Gasteiger partial charge in [-0.25, -0.2) is 9.37 Å². The van der Waals surface area contributed by atoms with Gasteiger partial charge in [-0.1, -0.05) is 25.5 Å². The number of anilines is 2. The van der Waals surface area contributed by atoms with Crippen LogP contribution in [0.15, 0.2) is 48.5 Å². The van der Waals surface area contributed by atoms with Crippen molar-refractivity contribution in [2.75, 3.05) is 10.6 Å². The Kier molecular flexibility index (Phi) is 6.72. The molecule has 0 bridgehead atoms. The third kappa shape index (κ3) is 5.48. The summed E-state index contributed by atoms with van der Waals surface area (Å²) in [4.78, 5) is 30.1. The number of aryl methyl sites for hydroxylation is 2. The molecule has 0 atom stereocenters. The Morgan fingerprint density at radius 1 is 1.03 bits per heavy atom. The molecule has 5 nitrogen and oxygen atoms in total. The van der Waals surface area contributed by atoms with Crippen LogP contribution in [0.3, 0.4) is 0 Å². The molecule has 2 N–H and O–H groups in total. The first-order chi connectivity index (χ1) is 14.0. The van der Waals surface area contributed by atoms with E-state index in [4.69, 9.17) is 0 Å². The van der Waals surface area contributed by atoms with Gasteiger partial charge in [0.2, 0.25) is 0 Å². The second kappa shape index (κ2) is 9.43. The number of aromatic nitrogens is 1. The molecule has 3 rings (SSSR count). The zero-order valence-corrected chi connectivity index (χ0v) is 17.1.